The van der Waals surface area contributed by atoms with Gasteiger partial charge >= 0.3 is 6.09 Å². The van der Waals surface area contributed by atoms with E-state index in [1.165, 1.54) is 0 Å². The molecule has 0 unspecified atom stereocenters. The van der Waals surface area contributed by atoms with E-state index >= 15 is 0 Å². The lowest BCUT2D eigenvalue weighted by atomic mass is 10.7. The van der Waals surface area contributed by atoms with E-state index in [-0.39, 0.29) is 6.04 Å². The highest BCUT2D eigenvalue weighted by Gasteiger charge is 2.25. The first-order chi connectivity index (χ1) is 3.29. The topological polar surface area (TPSA) is 51.1 Å². The summed E-state index contributed by atoms with van der Waals surface area (Å²) in [4.78, 5) is 9.57. The number of carbonyl (C=O) groups excluding carboxylic acids is 1. The van der Waals surface area contributed by atoms with Crippen LogP contribution in [0.3, 0.4) is 0 Å². The van der Waals surface area contributed by atoms with Crippen molar-refractivity contribution in [2.75, 3.05) is 0 Å². The standard InChI is InChI=1S/C4H5NO2/c6-4(7)5-3-1-2-3/h3H,1-2H2. The Morgan fingerprint density at radius 1 is 1.57 bits per heavy atom. The van der Waals surface area contributed by atoms with E-state index in [1.807, 2.05) is 0 Å². The lowest BCUT2D eigenvalue weighted by Gasteiger charge is -1.81. The summed E-state index contributed by atoms with van der Waals surface area (Å²) in [5.41, 5.74) is 0. The highest BCUT2D eigenvalue weighted by molar-refractivity contribution is 5.64. The predicted molar refractivity (Wildman–Crippen MR) is 21.2 cm³/mol. The summed E-state index contributed by atoms with van der Waals surface area (Å²) in [6, 6.07) is 0.0880. The molecule has 3 heteroatoms. The number of carbonyl (C=O) groups is 1. The normalized spacial score (nSPS) is 18.9. The Hall–Kier alpha value is -0.730. The Morgan fingerprint density at radius 2 is 2.14 bits per heavy atom. The van der Waals surface area contributed by atoms with Gasteiger partial charge in [0.25, 0.3) is 0 Å². The van der Waals surface area contributed by atoms with E-state index in [2.05, 4.69) is 5.32 Å². The maximum Gasteiger partial charge on any atom is 0.471 e. The number of hydrogen-bond donors (Lipinski definition) is 0. The van der Waals surface area contributed by atoms with Gasteiger partial charge in [-0.1, -0.05) is 0 Å². The average molecular weight is 99.1 g/mol. The Morgan fingerprint density at radius 3 is 2.29 bits per heavy atom. The zero-order valence-corrected chi connectivity index (χ0v) is 3.76. The molecule has 0 saturated heterocycles. The SMILES string of the molecule is [O]C(=O)[N]C1CC1. The Bertz CT molecular complexity index is 87.7. The first-order valence-corrected chi connectivity index (χ1v) is 2.21. The molecule has 0 aliphatic heterocycles. The zero-order chi connectivity index (χ0) is 5.28. The quantitative estimate of drug-likeness (QED) is 0.466. The van der Waals surface area contributed by atoms with E-state index in [9.17, 15) is 9.90 Å². The van der Waals surface area contributed by atoms with Gasteiger partial charge in [-0.2, -0.15) is 0 Å². The largest absolute Gasteiger partial charge is 0.471 e. The molecule has 0 spiro atoms. The fraction of sp³-hybridized carbons (Fsp3) is 0.750. The first kappa shape index (κ1) is 4.43. The molecule has 0 aromatic rings. The second kappa shape index (κ2) is 1.40. The monoisotopic (exact) mass is 99.0 g/mol. The van der Waals surface area contributed by atoms with Gasteiger partial charge in [0.15, 0.2) is 0 Å². The third-order valence-corrected chi connectivity index (χ3v) is 0.835. The van der Waals surface area contributed by atoms with Gasteiger partial charge in [0.2, 0.25) is 0 Å². The molecule has 0 N–H and O–H groups in total. The van der Waals surface area contributed by atoms with E-state index in [0.717, 1.165) is 12.8 Å². The van der Waals surface area contributed by atoms with Gasteiger partial charge in [0.05, 0.1) is 6.04 Å². The van der Waals surface area contributed by atoms with Crippen molar-refractivity contribution >= 4 is 6.09 Å². The van der Waals surface area contributed by atoms with Crippen molar-refractivity contribution in [3.8, 4) is 0 Å². The van der Waals surface area contributed by atoms with Crippen LogP contribution >= 0.6 is 0 Å². The molecule has 0 heterocycles. The van der Waals surface area contributed by atoms with Gasteiger partial charge in [-0.15, -0.1) is 0 Å². The summed E-state index contributed by atoms with van der Waals surface area (Å²) in [6.45, 7) is 0. The molecular formula is C4H5NO2. The molecule has 0 bridgehead atoms. The lowest BCUT2D eigenvalue weighted by molar-refractivity contribution is 0.167. The molecule has 38 valence electrons. The van der Waals surface area contributed by atoms with E-state index in [1.54, 1.807) is 0 Å². The minimum atomic E-state index is -1.28. The Labute approximate surface area is 41.3 Å². The number of amides is 1. The molecule has 0 aromatic carbocycles. The summed E-state index contributed by atoms with van der Waals surface area (Å²) >= 11 is 0. The lowest BCUT2D eigenvalue weighted by Crippen LogP contribution is -2.12. The Balaban J connectivity index is 2.08. The van der Waals surface area contributed by atoms with Gasteiger partial charge < -0.3 is 0 Å². The van der Waals surface area contributed by atoms with Crippen molar-refractivity contribution in [1.29, 1.82) is 0 Å². The van der Waals surface area contributed by atoms with Crippen molar-refractivity contribution in [3.63, 3.8) is 0 Å². The van der Waals surface area contributed by atoms with Crippen LogP contribution in [0.5, 0.6) is 0 Å². The highest BCUT2D eigenvalue weighted by Crippen LogP contribution is 2.19. The minimum Gasteiger partial charge on any atom is -0.218 e. The van der Waals surface area contributed by atoms with E-state index in [4.69, 9.17) is 0 Å². The summed E-state index contributed by atoms with van der Waals surface area (Å²) in [5.74, 6) is 0. The van der Waals surface area contributed by atoms with Crippen LogP contribution in [-0.2, 0) is 5.11 Å². The van der Waals surface area contributed by atoms with Gasteiger partial charge in [-0.25, -0.2) is 15.2 Å². The van der Waals surface area contributed by atoms with Crippen LogP contribution in [0.2, 0.25) is 0 Å². The molecule has 1 saturated carbocycles. The van der Waals surface area contributed by atoms with Crippen molar-refractivity contribution in [2.45, 2.75) is 18.9 Å². The molecule has 0 atom stereocenters. The van der Waals surface area contributed by atoms with Crippen molar-refractivity contribution in [1.82, 2.24) is 5.32 Å². The van der Waals surface area contributed by atoms with Crippen LogP contribution in [0.25, 0.3) is 0 Å². The summed E-state index contributed by atoms with van der Waals surface area (Å²) in [5, 5.41) is 12.8. The van der Waals surface area contributed by atoms with Crippen LogP contribution in [-0.4, -0.2) is 12.1 Å². The molecule has 1 aliphatic rings. The Kier molecular flexibility index (Phi) is 0.889. The van der Waals surface area contributed by atoms with Gasteiger partial charge in [0.1, 0.15) is 0 Å². The van der Waals surface area contributed by atoms with Crippen molar-refractivity contribution in [2.24, 2.45) is 0 Å². The van der Waals surface area contributed by atoms with Crippen LogP contribution < -0.4 is 5.32 Å². The van der Waals surface area contributed by atoms with E-state index in [0.29, 0.717) is 0 Å². The minimum absolute atomic E-state index is 0.0880. The van der Waals surface area contributed by atoms with Crippen molar-refractivity contribution in [3.05, 3.63) is 0 Å². The molecule has 2 radical (unpaired) electrons. The second-order valence-electron chi connectivity index (χ2n) is 1.63. The van der Waals surface area contributed by atoms with Gasteiger partial charge in [0, 0.05) is 0 Å². The maximum atomic E-state index is 9.57. The molecular weight excluding hydrogens is 94.0 g/mol. The summed E-state index contributed by atoms with van der Waals surface area (Å²) < 4.78 is 0. The number of hydrogen-bond acceptors (Lipinski definition) is 1. The smallest absolute Gasteiger partial charge is 0.218 e. The molecule has 0 aromatic heterocycles. The van der Waals surface area contributed by atoms with Crippen LogP contribution in [0.4, 0.5) is 4.79 Å². The highest BCUT2D eigenvalue weighted by atomic mass is 16.4. The number of rotatable bonds is 1. The van der Waals surface area contributed by atoms with Crippen LogP contribution in [0.1, 0.15) is 12.8 Å². The predicted octanol–water partition coefficient (Wildman–Crippen LogP) is 0.304. The third kappa shape index (κ3) is 1.43. The summed E-state index contributed by atoms with van der Waals surface area (Å²) in [6.07, 6.45) is 0.574. The maximum absolute atomic E-state index is 9.57. The molecule has 3 nitrogen and oxygen atoms in total. The zero-order valence-electron chi connectivity index (χ0n) is 3.76. The van der Waals surface area contributed by atoms with Crippen LogP contribution in [0.15, 0.2) is 0 Å². The summed E-state index contributed by atoms with van der Waals surface area (Å²) in [7, 11) is 0. The fourth-order valence-electron chi connectivity index (χ4n) is 0.353. The number of nitrogens with zero attached hydrogens (tertiary/aromatic N) is 1. The molecule has 1 aliphatic carbocycles. The third-order valence-electron chi connectivity index (χ3n) is 0.835. The molecule has 1 fully saturated rings. The first-order valence-electron chi connectivity index (χ1n) is 2.21. The second-order valence-corrected chi connectivity index (χ2v) is 1.63. The van der Waals surface area contributed by atoms with Gasteiger partial charge in [-0.3, -0.25) is 0 Å². The van der Waals surface area contributed by atoms with E-state index < -0.39 is 6.09 Å². The average Bonchev–Trinajstić information content (AvgIpc) is 2.17. The molecule has 1 amide bonds. The van der Waals surface area contributed by atoms with Crippen molar-refractivity contribution < 1.29 is 9.90 Å². The van der Waals surface area contributed by atoms with Crippen LogP contribution in [0, 0.1) is 0 Å². The molecule has 1 rings (SSSR count). The van der Waals surface area contributed by atoms with Gasteiger partial charge in [-0.05, 0) is 12.8 Å². The molecule has 7 heavy (non-hydrogen) atoms. The fourth-order valence-corrected chi connectivity index (χ4v) is 0.353.